The molecule has 1 N–H and O–H groups in total. The van der Waals surface area contributed by atoms with Gasteiger partial charge in [-0.05, 0) is 36.6 Å². The van der Waals surface area contributed by atoms with Crippen LogP contribution in [-0.4, -0.2) is 44.2 Å². The molecule has 0 bridgehead atoms. The Labute approximate surface area is 125 Å². The van der Waals surface area contributed by atoms with Gasteiger partial charge < -0.3 is 15.0 Å². The zero-order valence-electron chi connectivity index (χ0n) is 11.7. The summed E-state index contributed by atoms with van der Waals surface area (Å²) in [5.74, 6) is 0.651. The van der Waals surface area contributed by atoms with Gasteiger partial charge in [0.05, 0.1) is 6.61 Å². The Morgan fingerprint density at radius 1 is 1.50 bits per heavy atom. The van der Waals surface area contributed by atoms with Gasteiger partial charge in [-0.25, -0.2) is 0 Å². The largest absolute Gasteiger partial charge is 0.384 e. The summed E-state index contributed by atoms with van der Waals surface area (Å²) in [7, 11) is 1.72. The molecule has 3 rings (SSSR count). The zero-order valence-corrected chi connectivity index (χ0v) is 12.5. The first-order valence-corrected chi connectivity index (χ1v) is 6.93. The van der Waals surface area contributed by atoms with E-state index in [0.29, 0.717) is 5.92 Å². The molecular formula is C15H21ClN2O2. The summed E-state index contributed by atoms with van der Waals surface area (Å²) in [5.41, 5.74) is 3.26. The number of amides is 1. The number of halogens is 1. The molecule has 2 aliphatic heterocycles. The number of ether oxygens (including phenoxy) is 1. The van der Waals surface area contributed by atoms with Crippen LogP contribution in [0.15, 0.2) is 18.2 Å². The van der Waals surface area contributed by atoms with Gasteiger partial charge in [-0.15, -0.1) is 12.4 Å². The van der Waals surface area contributed by atoms with Crippen molar-refractivity contribution in [2.24, 2.45) is 5.92 Å². The van der Waals surface area contributed by atoms with E-state index in [2.05, 4.69) is 5.32 Å². The number of anilines is 1. The topological polar surface area (TPSA) is 41.6 Å². The van der Waals surface area contributed by atoms with Crippen molar-refractivity contribution in [2.75, 3.05) is 38.7 Å². The van der Waals surface area contributed by atoms with Crippen LogP contribution in [0.25, 0.3) is 0 Å². The molecule has 110 valence electrons. The number of rotatable bonds is 3. The van der Waals surface area contributed by atoms with Crippen molar-refractivity contribution in [2.45, 2.75) is 12.8 Å². The van der Waals surface area contributed by atoms with E-state index in [9.17, 15) is 4.79 Å². The van der Waals surface area contributed by atoms with Gasteiger partial charge in [-0.3, -0.25) is 4.79 Å². The Morgan fingerprint density at radius 3 is 3.15 bits per heavy atom. The third-order valence-corrected chi connectivity index (χ3v) is 4.04. The number of fused-ring (bicyclic) bond motifs is 1. The number of hydrogen-bond acceptors (Lipinski definition) is 3. The summed E-state index contributed by atoms with van der Waals surface area (Å²) in [5, 5.41) is 3.32. The molecule has 1 amide bonds. The quantitative estimate of drug-likeness (QED) is 0.929. The molecular weight excluding hydrogens is 276 g/mol. The van der Waals surface area contributed by atoms with E-state index in [1.165, 1.54) is 11.3 Å². The van der Waals surface area contributed by atoms with Crippen molar-refractivity contribution >= 4 is 24.0 Å². The monoisotopic (exact) mass is 296 g/mol. The maximum absolute atomic E-state index is 12.5. The molecule has 2 aliphatic rings. The van der Waals surface area contributed by atoms with Crippen LogP contribution < -0.4 is 5.32 Å². The first kappa shape index (κ1) is 15.1. The summed E-state index contributed by atoms with van der Waals surface area (Å²) in [4.78, 5) is 14.4. The fourth-order valence-corrected chi connectivity index (χ4v) is 3.01. The van der Waals surface area contributed by atoms with Crippen LogP contribution >= 0.6 is 12.4 Å². The zero-order chi connectivity index (χ0) is 13.2. The molecule has 0 saturated carbocycles. The van der Waals surface area contributed by atoms with Gasteiger partial charge >= 0.3 is 0 Å². The smallest absolute Gasteiger partial charge is 0.253 e. The number of nitrogens with zero attached hydrogens (tertiary/aromatic N) is 1. The first-order valence-electron chi connectivity index (χ1n) is 6.93. The van der Waals surface area contributed by atoms with E-state index < -0.39 is 0 Å². The number of likely N-dealkylation sites (tertiary alicyclic amines) is 1. The number of nitrogens with one attached hydrogen (secondary N) is 1. The molecule has 1 fully saturated rings. The molecule has 5 heteroatoms. The fraction of sp³-hybridized carbons (Fsp3) is 0.533. The van der Waals surface area contributed by atoms with E-state index in [4.69, 9.17) is 4.74 Å². The summed E-state index contributed by atoms with van der Waals surface area (Å²) in [6.07, 6.45) is 2.06. The van der Waals surface area contributed by atoms with Gasteiger partial charge in [-0.2, -0.15) is 0 Å². The van der Waals surface area contributed by atoms with E-state index in [1.807, 2.05) is 23.1 Å². The Kier molecular flexibility index (Phi) is 4.89. The summed E-state index contributed by atoms with van der Waals surface area (Å²) >= 11 is 0. The molecule has 0 radical (unpaired) electrons. The molecule has 0 aliphatic carbocycles. The second-order valence-electron chi connectivity index (χ2n) is 5.41. The van der Waals surface area contributed by atoms with Gasteiger partial charge in [-0.1, -0.05) is 0 Å². The maximum Gasteiger partial charge on any atom is 0.253 e. The van der Waals surface area contributed by atoms with E-state index in [0.717, 1.165) is 44.6 Å². The highest BCUT2D eigenvalue weighted by Gasteiger charge is 2.27. The number of benzene rings is 1. The van der Waals surface area contributed by atoms with Crippen molar-refractivity contribution in [3.05, 3.63) is 29.3 Å². The van der Waals surface area contributed by atoms with E-state index >= 15 is 0 Å². The minimum Gasteiger partial charge on any atom is -0.384 e. The molecule has 1 saturated heterocycles. The maximum atomic E-state index is 12.5. The molecule has 4 nitrogen and oxygen atoms in total. The number of hydrogen-bond donors (Lipinski definition) is 1. The Hall–Kier alpha value is -1.26. The van der Waals surface area contributed by atoms with Crippen LogP contribution in [0.4, 0.5) is 5.69 Å². The van der Waals surface area contributed by atoms with Crippen LogP contribution in [-0.2, 0) is 11.2 Å². The molecule has 2 heterocycles. The minimum absolute atomic E-state index is 0. The third kappa shape index (κ3) is 2.91. The standard InChI is InChI=1S/C15H20N2O2.ClH/c1-19-10-11-5-7-17(9-11)15(18)13-2-3-14-12(8-13)4-6-16-14;/h2-3,8,11,16H,4-7,9-10H2,1H3;1H. The van der Waals surface area contributed by atoms with Crippen LogP contribution in [0.5, 0.6) is 0 Å². The summed E-state index contributed by atoms with van der Waals surface area (Å²) in [6.45, 7) is 3.40. The molecule has 1 aromatic rings. The Morgan fingerprint density at radius 2 is 2.35 bits per heavy atom. The average Bonchev–Trinajstić information content (AvgIpc) is 3.05. The lowest BCUT2D eigenvalue weighted by molar-refractivity contribution is 0.0775. The molecule has 1 atom stereocenters. The first-order chi connectivity index (χ1) is 9.28. The van der Waals surface area contributed by atoms with Crippen LogP contribution in [0, 0.1) is 5.92 Å². The van der Waals surface area contributed by atoms with Gasteiger partial charge in [0.1, 0.15) is 0 Å². The van der Waals surface area contributed by atoms with Gasteiger partial charge in [0.15, 0.2) is 0 Å². The van der Waals surface area contributed by atoms with Crippen molar-refractivity contribution in [1.29, 1.82) is 0 Å². The van der Waals surface area contributed by atoms with Crippen LogP contribution in [0.2, 0.25) is 0 Å². The minimum atomic E-state index is 0. The molecule has 0 spiro atoms. The van der Waals surface area contributed by atoms with E-state index in [1.54, 1.807) is 7.11 Å². The lowest BCUT2D eigenvalue weighted by Crippen LogP contribution is -2.29. The number of carbonyl (C=O) groups is 1. The van der Waals surface area contributed by atoms with Crippen LogP contribution in [0.1, 0.15) is 22.3 Å². The summed E-state index contributed by atoms with van der Waals surface area (Å²) < 4.78 is 5.17. The highest BCUT2D eigenvalue weighted by atomic mass is 35.5. The molecule has 1 aromatic carbocycles. The molecule has 20 heavy (non-hydrogen) atoms. The van der Waals surface area contributed by atoms with Crippen LogP contribution in [0.3, 0.4) is 0 Å². The fourth-order valence-electron chi connectivity index (χ4n) is 3.01. The molecule has 0 aromatic heterocycles. The Balaban J connectivity index is 0.00000147. The highest BCUT2D eigenvalue weighted by molar-refractivity contribution is 5.95. The van der Waals surface area contributed by atoms with Gasteiger partial charge in [0.25, 0.3) is 5.91 Å². The van der Waals surface area contributed by atoms with Crippen molar-refractivity contribution < 1.29 is 9.53 Å². The predicted molar refractivity (Wildman–Crippen MR) is 81.8 cm³/mol. The normalized spacial score (nSPS) is 20.2. The Bertz CT molecular complexity index is 493. The second kappa shape index (κ2) is 6.46. The second-order valence-corrected chi connectivity index (χ2v) is 5.41. The predicted octanol–water partition coefficient (Wildman–Crippen LogP) is 2.18. The SMILES string of the molecule is COCC1CCN(C(=O)c2ccc3c(c2)CCN3)C1.Cl. The van der Waals surface area contributed by atoms with Crippen molar-refractivity contribution in [1.82, 2.24) is 4.90 Å². The number of methoxy groups -OCH3 is 1. The van der Waals surface area contributed by atoms with Gasteiger partial charge in [0, 0.05) is 43.9 Å². The number of carbonyl (C=O) groups excluding carboxylic acids is 1. The van der Waals surface area contributed by atoms with Gasteiger partial charge in [0.2, 0.25) is 0 Å². The lowest BCUT2D eigenvalue weighted by Gasteiger charge is -2.17. The average molecular weight is 297 g/mol. The van der Waals surface area contributed by atoms with E-state index in [-0.39, 0.29) is 18.3 Å². The molecule has 1 unspecified atom stereocenters. The van der Waals surface area contributed by atoms with Crippen molar-refractivity contribution in [3.63, 3.8) is 0 Å². The highest BCUT2D eigenvalue weighted by Crippen LogP contribution is 2.25. The third-order valence-electron chi connectivity index (χ3n) is 4.04. The lowest BCUT2D eigenvalue weighted by atomic mass is 10.1. The summed E-state index contributed by atoms with van der Waals surface area (Å²) in [6, 6.07) is 6.00. The van der Waals surface area contributed by atoms with Crippen molar-refractivity contribution in [3.8, 4) is 0 Å².